The second-order valence-electron chi connectivity index (χ2n) is 9.41. The summed E-state index contributed by atoms with van der Waals surface area (Å²) in [7, 11) is 1.83. The monoisotopic (exact) mass is 438 g/mol. The van der Waals surface area contributed by atoms with E-state index >= 15 is 0 Å². The zero-order valence-electron chi connectivity index (χ0n) is 19.8. The van der Waals surface area contributed by atoms with Crippen molar-refractivity contribution in [3.8, 4) is 5.75 Å². The van der Waals surface area contributed by atoms with Gasteiger partial charge in [0.25, 0.3) is 0 Å². The quantitative estimate of drug-likeness (QED) is 0.563. The Morgan fingerprint density at radius 1 is 1.00 bits per heavy atom. The van der Waals surface area contributed by atoms with Gasteiger partial charge in [-0.25, -0.2) is 0 Å². The van der Waals surface area contributed by atoms with E-state index < -0.39 is 0 Å². The van der Waals surface area contributed by atoms with Crippen LogP contribution in [0.1, 0.15) is 38.3 Å². The minimum Gasteiger partial charge on any atom is -0.491 e. The van der Waals surface area contributed by atoms with Crippen LogP contribution in [-0.2, 0) is 9.47 Å². The summed E-state index contributed by atoms with van der Waals surface area (Å²) in [4.78, 5) is 5.12. The highest BCUT2D eigenvalue weighted by Crippen LogP contribution is 2.39. The molecule has 5 heteroatoms. The van der Waals surface area contributed by atoms with Crippen LogP contribution in [0.5, 0.6) is 5.75 Å². The van der Waals surface area contributed by atoms with Crippen LogP contribution in [0.4, 0.5) is 5.69 Å². The molecule has 2 aromatic carbocycles. The number of hydrogen-bond acceptors (Lipinski definition) is 5. The van der Waals surface area contributed by atoms with Crippen molar-refractivity contribution in [2.75, 3.05) is 51.5 Å². The zero-order chi connectivity index (χ0) is 22.3. The maximum Gasteiger partial charge on any atom is 0.142 e. The Balaban J connectivity index is 1.62. The van der Waals surface area contributed by atoms with Crippen LogP contribution in [0, 0.1) is 5.92 Å². The van der Waals surface area contributed by atoms with Crippen LogP contribution in [0.25, 0.3) is 0 Å². The summed E-state index contributed by atoms with van der Waals surface area (Å²) in [5.41, 5.74) is 2.51. The van der Waals surface area contributed by atoms with Crippen molar-refractivity contribution in [3.05, 3.63) is 60.2 Å². The Morgan fingerprint density at radius 2 is 1.78 bits per heavy atom. The predicted octanol–water partition coefficient (Wildman–Crippen LogP) is 4.78. The third kappa shape index (κ3) is 5.64. The lowest BCUT2D eigenvalue weighted by atomic mass is 10.0. The summed E-state index contributed by atoms with van der Waals surface area (Å²) < 4.78 is 18.1. The number of methoxy groups -OCH3 is 1. The molecule has 2 aliphatic heterocycles. The van der Waals surface area contributed by atoms with Gasteiger partial charge in [-0.1, -0.05) is 56.3 Å². The SMILES string of the molecule is COC1CCN(C(COCC(C)C)CN2c3ccccc3OCCC2c2ccccc2)C1. The molecule has 3 atom stereocenters. The van der Waals surface area contributed by atoms with E-state index in [-0.39, 0.29) is 6.04 Å². The minimum absolute atomic E-state index is 0.272. The van der Waals surface area contributed by atoms with Gasteiger partial charge in [0.05, 0.1) is 37.1 Å². The molecule has 174 valence electrons. The number of para-hydroxylation sites is 2. The van der Waals surface area contributed by atoms with E-state index in [1.807, 2.05) is 7.11 Å². The Hall–Kier alpha value is -2.08. The van der Waals surface area contributed by atoms with Crippen molar-refractivity contribution in [2.24, 2.45) is 5.92 Å². The van der Waals surface area contributed by atoms with Gasteiger partial charge >= 0.3 is 0 Å². The van der Waals surface area contributed by atoms with E-state index in [9.17, 15) is 0 Å². The average molecular weight is 439 g/mol. The number of hydrogen-bond donors (Lipinski definition) is 0. The summed E-state index contributed by atoms with van der Waals surface area (Å²) in [5.74, 6) is 1.51. The lowest BCUT2D eigenvalue weighted by Crippen LogP contribution is -2.47. The molecule has 0 aliphatic carbocycles. The molecule has 1 fully saturated rings. The molecule has 0 spiro atoms. The summed E-state index contributed by atoms with van der Waals surface area (Å²) in [5, 5.41) is 0. The van der Waals surface area contributed by atoms with Crippen molar-refractivity contribution >= 4 is 5.69 Å². The van der Waals surface area contributed by atoms with Crippen LogP contribution in [0.2, 0.25) is 0 Å². The second-order valence-corrected chi connectivity index (χ2v) is 9.41. The molecule has 5 nitrogen and oxygen atoms in total. The second kappa shape index (κ2) is 11.2. The third-order valence-corrected chi connectivity index (χ3v) is 6.58. The van der Waals surface area contributed by atoms with E-state index in [1.165, 1.54) is 11.3 Å². The molecular formula is C27H38N2O3. The highest BCUT2D eigenvalue weighted by molar-refractivity contribution is 5.60. The molecule has 3 unspecified atom stereocenters. The molecule has 2 aliphatic rings. The topological polar surface area (TPSA) is 34.2 Å². The van der Waals surface area contributed by atoms with E-state index in [0.717, 1.165) is 58.0 Å². The van der Waals surface area contributed by atoms with Crippen molar-refractivity contribution < 1.29 is 14.2 Å². The highest BCUT2D eigenvalue weighted by Gasteiger charge is 2.33. The Kier molecular flexibility index (Phi) is 8.06. The molecule has 32 heavy (non-hydrogen) atoms. The number of ether oxygens (including phenoxy) is 3. The zero-order valence-corrected chi connectivity index (χ0v) is 19.8. The van der Waals surface area contributed by atoms with Gasteiger partial charge in [-0.05, 0) is 30.0 Å². The Bertz CT molecular complexity index is 829. The van der Waals surface area contributed by atoms with Crippen LogP contribution >= 0.6 is 0 Å². The van der Waals surface area contributed by atoms with Gasteiger partial charge in [0, 0.05) is 39.8 Å². The molecule has 0 aromatic heterocycles. The number of nitrogens with zero attached hydrogens (tertiary/aromatic N) is 2. The van der Waals surface area contributed by atoms with Crippen molar-refractivity contribution in [1.82, 2.24) is 4.90 Å². The molecule has 2 heterocycles. The number of benzene rings is 2. The average Bonchev–Trinajstić information content (AvgIpc) is 3.22. The molecule has 4 rings (SSSR count). The number of likely N-dealkylation sites (tertiary alicyclic amines) is 1. The van der Waals surface area contributed by atoms with Gasteiger partial charge in [0.2, 0.25) is 0 Å². The third-order valence-electron chi connectivity index (χ3n) is 6.58. The fourth-order valence-electron chi connectivity index (χ4n) is 4.89. The first-order valence-corrected chi connectivity index (χ1v) is 12.0. The predicted molar refractivity (Wildman–Crippen MR) is 130 cm³/mol. The van der Waals surface area contributed by atoms with Crippen molar-refractivity contribution in [3.63, 3.8) is 0 Å². The highest BCUT2D eigenvalue weighted by atomic mass is 16.5. The van der Waals surface area contributed by atoms with Crippen LogP contribution in [-0.4, -0.2) is 63.6 Å². The summed E-state index contributed by atoms with van der Waals surface area (Å²) in [6.07, 6.45) is 2.35. The first kappa shape index (κ1) is 23.1. The van der Waals surface area contributed by atoms with Gasteiger partial charge in [-0.15, -0.1) is 0 Å². The lowest BCUT2D eigenvalue weighted by Gasteiger charge is -2.38. The molecule has 0 saturated carbocycles. The van der Waals surface area contributed by atoms with E-state index in [2.05, 4.69) is 78.2 Å². The first-order chi connectivity index (χ1) is 15.7. The van der Waals surface area contributed by atoms with E-state index in [0.29, 0.717) is 18.1 Å². The fraction of sp³-hybridized carbons (Fsp3) is 0.556. The minimum atomic E-state index is 0.272. The maximum atomic E-state index is 6.20. The van der Waals surface area contributed by atoms with Crippen LogP contribution < -0.4 is 9.64 Å². The molecule has 1 saturated heterocycles. The van der Waals surface area contributed by atoms with Crippen LogP contribution in [0.3, 0.4) is 0 Å². The summed E-state index contributed by atoms with van der Waals surface area (Å²) in [6.45, 7) is 9.57. The van der Waals surface area contributed by atoms with Gasteiger partial charge < -0.3 is 19.1 Å². The molecular weight excluding hydrogens is 400 g/mol. The number of anilines is 1. The van der Waals surface area contributed by atoms with E-state index in [1.54, 1.807) is 0 Å². The largest absolute Gasteiger partial charge is 0.491 e. The Labute approximate surface area is 193 Å². The van der Waals surface area contributed by atoms with Gasteiger partial charge in [0.15, 0.2) is 0 Å². The molecule has 2 aromatic rings. The summed E-state index contributed by atoms with van der Waals surface area (Å²) in [6, 6.07) is 19.9. The standard InChI is InChI=1S/C27H38N2O3/c1-21(2)19-31-20-23(28-15-13-24(18-28)30-3)17-29-25(22-9-5-4-6-10-22)14-16-32-27-12-8-7-11-26(27)29/h4-12,21,23-25H,13-20H2,1-3H3. The van der Waals surface area contributed by atoms with Gasteiger partial charge in [-0.2, -0.15) is 0 Å². The van der Waals surface area contributed by atoms with E-state index in [4.69, 9.17) is 14.2 Å². The molecule has 0 amide bonds. The van der Waals surface area contributed by atoms with Gasteiger partial charge in [0.1, 0.15) is 5.75 Å². The number of rotatable bonds is 9. The Morgan fingerprint density at radius 3 is 2.53 bits per heavy atom. The maximum absolute atomic E-state index is 6.20. The van der Waals surface area contributed by atoms with Gasteiger partial charge in [-0.3, -0.25) is 4.90 Å². The number of fused-ring (bicyclic) bond motifs is 1. The fourth-order valence-corrected chi connectivity index (χ4v) is 4.89. The first-order valence-electron chi connectivity index (χ1n) is 12.0. The summed E-state index contributed by atoms with van der Waals surface area (Å²) >= 11 is 0. The van der Waals surface area contributed by atoms with Crippen molar-refractivity contribution in [1.29, 1.82) is 0 Å². The molecule has 0 bridgehead atoms. The smallest absolute Gasteiger partial charge is 0.142 e. The molecule has 0 N–H and O–H groups in total. The normalized spacial score (nSPS) is 22.4. The molecule has 0 radical (unpaired) electrons. The van der Waals surface area contributed by atoms with Crippen molar-refractivity contribution in [2.45, 2.75) is 44.9 Å². The lowest BCUT2D eigenvalue weighted by molar-refractivity contribution is 0.0462. The van der Waals surface area contributed by atoms with Crippen LogP contribution in [0.15, 0.2) is 54.6 Å².